The summed E-state index contributed by atoms with van der Waals surface area (Å²) in [5.74, 6) is 0.469. The Morgan fingerprint density at radius 2 is 1.78 bits per heavy atom. The highest BCUT2D eigenvalue weighted by atomic mass is 32.2. The number of nitrogens with one attached hydrogen (secondary N) is 1. The third kappa shape index (κ3) is 3.34. The highest BCUT2D eigenvalue weighted by Gasteiger charge is 2.10. The molecule has 4 rings (SSSR count). The minimum absolute atomic E-state index is 0.283. The quantitative estimate of drug-likeness (QED) is 0.565. The third-order valence-corrected chi connectivity index (χ3v) is 5.32. The number of rotatable bonds is 4. The molecule has 1 aromatic carbocycles. The zero-order valence-electron chi connectivity index (χ0n) is 14.5. The van der Waals surface area contributed by atoms with Crippen LogP contribution in [0.4, 0.5) is 17.2 Å². The van der Waals surface area contributed by atoms with Gasteiger partial charge in [-0.1, -0.05) is 0 Å². The van der Waals surface area contributed by atoms with Gasteiger partial charge in [0.1, 0.15) is 5.82 Å². The van der Waals surface area contributed by atoms with Crippen molar-refractivity contribution in [3.63, 3.8) is 0 Å². The van der Waals surface area contributed by atoms with Crippen LogP contribution in [0, 0.1) is 0 Å². The average Bonchev–Trinajstić information content (AvgIpc) is 3.13. The first-order valence-corrected chi connectivity index (χ1v) is 10.1. The summed E-state index contributed by atoms with van der Waals surface area (Å²) in [6, 6.07) is 14.2. The van der Waals surface area contributed by atoms with Gasteiger partial charge in [0.25, 0.3) is 0 Å². The largest absolute Gasteiger partial charge is 0.384 e. The van der Waals surface area contributed by atoms with Gasteiger partial charge in [0.2, 0.25) is 0 Å². The lowest BCUT2D eigenvalue weighted by molar-refractivity contribution is 0.602. The molecule has 3 N–H and O–H groups in total. The van der Waals surface area contributed by atoms with Gasteiger partial charge >= 0.3 is 0 Å². The first-order chi connectivity index (χ1) is 12.9. The van der Waals surface area contributed by atoms with E-state index in [9.17, 15) is 8.42 Å². The van der Waals surface area contributed by atoms with Gasteiger partial charge in [-0.15, -0.1) is 0 Å². The van der Waals surface area contributed by atoms with Crippen LogP contribution in [-0.2, 0) is 9.84 Å². The van der Waals surface area contributed by atoms with Gasteiger partial charge in [-0.25, -0.2) is 18.4 Å². The smallest absolute Gasteiger partial charge is 0.175 e. The molecule has 0 aliphatic heterocycles. The average molecular weight is 379 g/mol. The van der Waals surface area contributed by atoms with Crippen molar-refractivity contribution < 1.29 is 8.42 Å². The Balaban J connectivity index is 1.71. The highest BCUT2D eigenvalue weighted by Crippen LogP contribution is 2.27. The van der Waals surface area contributed by atoms with Gasteiger partial charge in [0.15, 0.2) is 15.5 Å². The first-order valence-electron chi connectivity index (χ1n) is 8.17. The molecule has 0 aliphatic rings. The van der Waals surface area contributed by atoms with E-state index in [1.807, 2.05) is 28.8 Å². The number of benzene rings is 1. The predicted octanol–water partition coefficient (Wildman–Crippen LogP) is 3.13. The summed E-state index contributed by atoms with van der Waals surface area (Å²) >= 11 is 0. The zero-order chi connectivity index (χ0) is 19.0. The number of fused-ring (bicyclic) bond motifs is 1. The third-order valence-electron chi connectivity index (χ3n) is 4.19. The van der Waals surface area contributed by atoms with Crippen LogP contribution in [-0.4, -0.2) is 29.0 Å². The van der Waals surface area contributed by atoms with Crippen LogP contribution in [0.3, 0.4) is 0 Å². The Labute approximate surface area is 156 Å². The van der Waals surface area contributed by atoms with Crippen LogP contribution in [0.1, 0.15) is 0 Å². The van der Waals surface area contributed by atoms with Crippen molar-refractivity contribution in [1.82, 2.24) is 14.4 Å². The number of hydrogen-bond donors (Lipinski definition) is 2. The van der Waals surface area contributed by atoms with Crippen molar-refractivity contribution in [1.29, 1.82) is 0 Å². The summed E-state index contributed by atoms with van der Waals surface area (Å²) in [4.78, 5) is 8.86. The number of anilines is 3. The highest BCUT2D eigenvalue weighted by molar-refractivity contribution is 7.90. The molecule has 3 aromatic heterocycles. The number of nitrogen functional groups attached to an aromatic ring is 1. The van der Waals surface area contributed by atoms with Gasteiger partial charge in [0, 0.05) is 36.1 Å². The number of nitrogens with two attached hydrogens (primary N) is 1. The summed E-state index contributed by atoms with van der Waals surface area (Å²) in [7, 11) is -3.22. The summed E-state index contributed by atoms with van der Waals surface area (Å²) < 4.78 is 25.1. The van der Waals surface area contributed by atoms with Crippen molar-refractivity contribution >= 4 is 32.7 Å². The molecule has 0 fully saturated rings. The van der Waals surface area contributed by atoms with Crippen molar-refractivity contribution in [2.75, 3.05) is 17.3 Å². The lowest BCUT2D eigenvalue weighted by atomic mass is 10.1. The Morgan fingerprint density at radius 3 is 2.44 bits per heavy atom. The Bertz CT molecular complexity index is 1210. The number of aromatic nitrogens is 3. The number of nitrogens with zero attached hydrogens (tertiary/aromatic N) is 3. The number of imidazole rings is 1. The van der Waals surface area contributed by atoms with E-state index in [2.05, 4.69) is 15.3 Å². The molecular formula is C19H17N5O2S. The fourth-order valence-corrected chi connectivity index (χ4v) is 3.48. The Morgan fingerprint density at radius 1 is 1.00 bits per heavy atom. The van der Waals surface area contributed by atoms with Crippen LogP contribution < -0.4 is 11.1 Å². The second-order valence-electron chi connectivity index (χ2n) is 6.15. The van der Waals surface area contributed by atoms with E-state index in [1.165, 1.54) is 6.26 Å². The van der Waals surface area contributed by atoms with Crippen molar-refractivity contribution in [2.24, 2.45) is 0 Å². The molecule has 27 heavy (non-hydrogen) atoms. The van der Waals surface area contributed by atoms with Gasteiger partial charge in [-0.05, 0) is 48.5 Å². The van der Waals surface area contributed by atoms with E-state index < -0.39 is 9.84 Å². The molecule has 0 saturated carbocycles. The molecular weight excluding hydrogens is 362 g/mol. The molecule has 0 bridgehead atoms. The number of hydrogen-bond acceptors (Lipinski definition) is 6. The van der Waals surface area contributed by atoms with E-state index >= 15 is 0 Å². The van der Waals surface area contributed by atoms with Gasteiger partial charge in [-0.2, -0.15) is 0 Å². The molecule has 0 aliphatic carbocycles. The van der Waals surface area contributed by atoms with Crippen LogP contribution >= 0.6 is 0 Å². The maximum Gasteiger partial charge on any atom is 0.175 e. The zero-order valence-corrected chi connectivity index (χ0v) is 15.3. The molecule has 136 valence electrons. The molecule has 8 heteroatoms. The monoisotopic (exact) mass is 379 g/mol. The van der Waals surface area contributed by atoms with E-state index in [1.54, 1.807) is 42.7 Å². The molecule has 0 spiro atoms. The molecule has 0 amide bonds. The molecule has 4 aromatic rings. The van der Waals surface area contributed by atoms with E-state index in [4.69, 9.17) is 5.73 Å². The number of pyridine rings is 2. The Kier molecular flexibility index (Phi) is 4.04. The van der Waals surface area contributed by atoms with Crippen LogP contribution in [0.15, 0.2) is 72.0 Å². The first kappa shape index (κ1) is 17.0. The van der Waals surface area contributed by atoms with Crippen molar-refractivity contribution in [2.45, 2.75) is 4.90 Å². The van der Waals surface area contributed by atoms with E-state index in [0.29, 0.717) is 5.82 Å². The minimum atomic E-state index is -3.22. The maximum atomic E-state index is 11.6. The second-order valence-corrected chi connectivity index (χ2v) is 8.16. The van der Waals surface area contributed by atoms with Crippen molar-refractivity contribution in [3.8, 4) is 11.3 Å². The van der Waals surface area contributed by atoms with E-state index in [-0.39, 0.29) is 4.90 Å². The SMILES string of the molecule is CS(=O)(=O)c1ccc(Nc2ccc(-c3ccc(N)nc3)n3ccnc23)cc1. The number of sulfone groups is 1. The fraction of sp³-hybridized carbons (Fsp3) is 0.0526. The molecule has 3 heterocycles. The second kappa shape index (κ2) is 6.40. The Hall–Kier alpha value is -3.39. The fourth-order valence-electron chi connectivity index (χ4n) is 2.84. The lowest BCUT2D eigenvalue weighted by Crippen LogP contribution is -1.99. The molecule has 0 unspecified atom stereocenters. The summed E-state index contributed by atoms with van der Waals surface area (Å²) in [5, 5.41) is 3.29. The van der Waals surface area contributed by atoms with Gasteiger partial charge in [0.05, 0.1) is 16.3 Å². The minimum Gasteiger partial charge on any atom is -0.384 e. The predicted molar refractivity (Wildman–Crippen MR) is 106 cm³/mol. The normalized spacial score (nSPS) is 11.6. The van der Waals surface area contributed by atoms with Crippen LogP contribution in [0.2, 0.25) is 0 Å². The van der Waals surface area contributed by atoms with Crippen LogP contribution in [0.25, 0.3) is 16.9 Å². The standard InChI is InChI=1S/C19H17N5O2S/c1-27(25,26)15-5-3-14(4-6-15)23-16-7-8-17(24-11-10-21-19(16)24)13-2-9-18(20)22-12-13/h2-12,23H,1H3,(H2,20,22). The molecule has 0 atom stereocenters. The summed E-state index contributed by atoms with van der Waals surface area (Å²) in [5.41, 5.74) is 9.86. The van der Waals surface area contributed by atoms with E-state index in [0.717, 1.165) is 28.3 Å². The van der Waals surface area contributed by atoms with Crippen molar-refractivity contribution in [3.05, 3.63) is 67.1 Å². The van der Waals surface area contributed by atoms with Gasteiger partial charge < -0.3 is 11.1 Å². The molecule has 0 radical (unpaired) electrons. The van der Waals surface area contributed by atoms with Gasteiger partial charge in [-0.3, -0.25) is 4.40 Å². The molecule has 7 nitrogen and oxygen atoms in total. The summed E-state index contributed by atoms with van der Waals surface area (Å²) in [6.07, 6.45) is 6.51. The molecule has 0 saturated heterocycles. The summed E-state index contributed by atoms with van der Waals surface area (Å²) in [6.45, 7) is 0. The lowest BCUT2D eigenvalue weighted by Gasteiger charge is -2.12. The maximum absolute atomic E-state index is 11.6. The topological polar surface area (TPSA) is 102 Å². The van der Waals surface area contributed by atoms with Crippen LogP contribution in [0.5, 0.6) is 0 Å².